The molecule has 2 rings (SSSR count). The molecule has 1 N–H and O–H groups in total. The number of rotatable bonds is 6. The molecule has 0 saturated carbocycles. The van der Waals surface area contributed by atoms with Gasteiger partial charge in [-0.05, 0) is 31.2 Å². The van der Waals surface area contributed by atoms with Crippen LogP contribution in [-0.4, -0.2) is 33.0 Å². The first-order chi connectivity index (χ1) is 10.7. The maximum atomic E-state index is 11.6. The lowest BCUT2D eigenvalue weighted by molar-refractivity contribution is -0.118. The molecule has 114 valence electrons. The molecule has 0 fully saturated rings. The standard InChI is InChI=1S/C15H15ClN4OS/c1-3-9-17-13(21)10-22-15-19-18-14(20(15)4-2)11-5-7-12(16)8-6-11/h1,5-8H,4,9-10H2,2H3,(H,17,21). The lowest BCUT2D eigenvalue weighted by Crippen LogP contribution is -2.25. The summed E-state index contributed by atoms with van der Waals surface area (Å²) in [4.78, 5) is 11.6. The Morgan fingerprint density at radius 1 is 1.41 bits per heavy atom. The Kier molecular flexibility index (Phi) is 5.87. The average molecular weight is 335 g/mol. The van der Waals surface area contributed by atoms with Gasteiger partial charge in [-0.1, -0.05) is 29.3 Å². The van der Waals surface area contributed by atoms with Crippen LogP contribution in [-0.2, 0) is 11.3 Å². The van der Waals surface area contributed by atoms with Crippen LogP contribution >= 0.6 is 23.4 Å². The number of carbonyl (C=O) groups is 1. The number of nitrogens with zero attached hydrogens (tertiary/aromatic N) is 3. The van der Waals surface area contributed by atoms with Crippen molar-refractivity contribution in [1.29, 1.82) is 0 Å². The molecule has 0 radical (unpaired) electrons. The maximum absolute atomic E-state index is 11.6. The van der Waals surface area contributed by atoms with Gasteiger partial charge in [-0.25, -0.2) is 0 Å². The van der Waals surface area contributed by atoms with E-state index in [1.807, 2.05) is 35.8 Å². The molecule has 0 aliphatic carbocycles. The molecule has 1 aromatic carbocycles. The molecular weight excluding hydrogens is 320 g/mol. The third-order valence-corrected chi connectivity index (χ3v) is 4.07. The van der Waals surface area contributed by atoms with Gasteiger partial charge in [-0.3, -0.25) is 4.79 Å². The Balaban J connectivity index is 2.12. The summed E-state index contributed by atoms with van der Waals surface area (Å²) in [6, 6.07) is 7.41. The first kappa shape index (κ1) is 16.4. The lowest BCUT2D eigenvalue weighted by atomic mass is 10.2. The normalized spacial score (nSPS) is 10.2. The number of thioether (sulfide) groups is 1. The van der Waals surface area contributed by atoms with Gasteiger partial charge in [0.25, 0.3) is 0 Å². The van der Waals surface area contributed by atoms with Crippen LogP contribution in [0.3, 0.4) is 0 Å². The van der Waals surface area contributed by atoms with Crippen LogP contribution in [0.5, 0.6) is 0 Å². The molecule has 1 amide bonds. The number of amides is 1. The second-order valence-electron chi connectivity index (χ2n) is 4.33. The first-order valence-corrected chi connectivity index (χ1v) is 8.04. The second kappa shape index (κ2) is 7.87. The minimum atomic E-state index is -0.123. The third-order valence-electron chi connectivity index (χ3n) is 2.86. The van der Waals surface area contributed by atoms with Crippen LogP contribution < -0.4 is 5.32 Å². The quantitative estimate of drug-likeness (QED) is 0.651. The predicted octanol–water partition coefficient (Wildman–Crippen LogP) is 2.46. The summed E-state index contributed by atoms with van der Waals surface area (Å²) in [7, 11) is 0. The molecule has 7 heteroatoms. The highest BCUT2D eigenvalue weighted by molar-refractivity contribution is 7.99. The second-order valence-corrected chi connectivity index (χ2v) is 5.71. The van der Waals surface area contributed by atoms with Crippen molar-refractivity contribution >= 4 is 29.3 Å². The zero-order valence-electron chi connectivity index (χ0n) is 12.0. The van der Waals surface area contributed by atoms with E-state index in [1.54, 1.807) is 0 Å². The van der Waals surface area contributed by atoms with Crippen molar-refractivity contribution in [1.82, 2.24) is 20.1 Å². The van der Waals surface area contributed by atoms with Crippen LogP contribution in [0, 0.1) is 12.3 Å². The summed E-state index contributed by atoms with van der Waals surface area (Å²) in [6.45, 7) is 2.94. The summed E-state index contributed by atoms with van der Waals surface area (Å²) in [5, 5.41) is 12.4. The largest absolute Gasteiger partial charge is 0.344 e. The fourth-order valence-electron chi connectivity index (χ4n) is 1.82. The molecule has 5 nitrogen and oxygen atoms in total. The Hall–Kier alpha value is -1.97. The van der Waals surface area contributed by atoms with Gasteiger partial charge in [0.1, 0.15) is 0 Å². The fraction of sp³-hybridized carbons (Fsp3) is 0.267. The number of nitrogens with one attached hydrogen (secondary N) is 1. The highest BCUT2D eigenvalue weighted by Crippen LogP contribution is 2.24. The molecule has 0 unspecified atom stereocenters. The van der Waals surface area contributed by atoms with E-state index >= 15 is 0 Å². The number of halogens is 1. The number of hydrogen-bond donors (Lipinski definition) is 1. The van der Waals surface area contributed by atoms with Crippen molar-refractivity contribution in [3.63, 3.8) is 0 Å². The van der Waals surface area contributed by atoms with Gasteiger partial charge in [0.05, 0.1) is 12.3 Å². The lowest BCUT2D eigenvalue weighted by Gasteiger charge is -2.07. The van der Waals surface area contributed by atoms with E-state index in [-0.39, 0.29) is 18.2 Å². The molecule has 0 aliphatic heterocycles. The fourth-order valence-corrected chi connectivity index (χ4v) is 2.78. The minimum absolute atomic E-state index is 0.123. The molecule has 1 heterocycles. The van der Waals surface area contributed by atoms with Gasteiger partial charge in [-0.2, -0.15) is 0 Å². The highest BCUT2D eigenvalue weighted by atomic mass is 35.5. The molecule has 0 bridgehead atoms. The average Bonchev–Trinajstić information content (AvgIpc) is 2.94. The summed E-state index contributed by atoms with van der Waals surface area (Å²) in [5.41, 5.74) is 0.933. The Morgan fingerprint density at radius 2 is 2.14 bits per heavy atom. The van der Waals surface area contributed by atoms with Crippen LogP contribution in [0.15, 0.2) is 29.4 Å². The van der Waals surface area contributed by atoms with Crippen molar-refractivity contribution < 1.29 is 4.79 Å². The van der Waals surface area contributed by atoms with Gasteiger partial charge in [0, 0.05) is 17.1 Å². The first-order valence-electron chi connectivity index (χ1n) is 6.67. The summed E-state index contributed by atoms with van der Waals surface area (Å²) in [5.74, 6) is 3.25. The van der Waals surface area contributed by atoms with E-state index in [0.717, 1.165) is 11.4 Å². The van der Waals surface area contributed by atoms with E-state index in [9.17, 15) is 4.79 Å². The molecule has 0 saturated heterocycles. The molecule has 22 heavy (non-hydrogen) atoms. The van der Waals surface area contributed by atoms with Crippen molar-refractivity contribution in [3.05, 3.63) is 29.3 Å². The number of terminal acetylenes is 1. The number of hydrogen-bond acceptors (Lipinski definition) is 4. The molecule has 0 atom stereocenters. The van der Waals surface area contributed by atoms with E-state index in [0.29, 0.717) is 16.7 Å². The van der Waals surface area contributed by atoms with Crippen LogP contribution in [0.25, 0.3) is 11.4 Å². The minimum Gasteiger partial charge on any atom is -0.344 e. The Bertz CT molecular complexity index is 691. The number of carbonyl (C=O) groups excluding carboxylic acids is 1. The van der Waals surface area contributed by atoms with Crippen LogP contribution in [0.1, 0.15) is 6.92 Å². The third kappa shape index (κ3) is 4.03. The molecule has 2 aromatic rings. The van der Waals surface area contributed by atoms with E-state index in [2.05, 4.69) is 21.4 Å². The van der Waals surface area contributed by atoms with E-state index in [4.69, 9.17) is 18.0 Å². The van der Waals surface area contributed by atoms with Gasteiger partial charge in [-0.15, -0.1) is 16.6 Å². The maximum Gasteiger partial charge on any atom is 0.231 e. The SMILES string of the molecule is C#CCNC(=O)CSc1nnc(-c2ccc(Cl)cc2)n1CC. The number of benzene rings is 1. The van der Waals surface area contributed by atoms with Gasteiger partial charge in [0.2, 0.25) is 5.91 Å². The van der Waals surface area contributed by atoms with Gasteiger partial charge >= 0.3 is 0 Å². The smallest absolute Gasteiger partial charge is 0.231 e. The predicted molar refractivity (Wildman–Crippen MR) is 88.7 cm³/mol. The molecule has 1 aromatic heterocycles. The van der Waals surface area contributed by atoms with Crippen molar-refractivity contribution in [2.45, 2.75) is 18.6 Å². The zero-order chi connectivity index (χ0) is 15.9. The van der Waals surface area contributed by atoms with E-state index < -0.39 is 0 Å². The summed E-state index contributed by atoms with van der Waals surface area (Å²) < 4.78 is 1.96. The number of aromatic nitrogens is 3. The van der Waals surface area contributed by atoms with Gasteiger partial charge < -0.3 is 9.88 Å². The monoisotopic (exact) mass is 334 g/mol. The molecular formula is C15H15ClN4OS. The van der Waals surface area contributed by atoms with Crippen molar-refractivity contribution in [2.24, 2.45) is 0 Å². The Labute approximate surface area is 138 Å². The summed E-state index contributed by atoms with van der Waals surface area (Å²) in [6.07, 6.45) is 5.10. The topological polar surface area (TPSA) is 59.8 Å². The Morgan fingerprint density at radius 3 is 2.77 bits per heavy atom. The van der Waals surface area contributed by atoms with Crippen molar-refractivity contribution in [2.75, 3.05) is 12.3 Å². The van der Waals surface area contributed by atoms with E-state index in [1.165, 1.54) is 11.8 Å². The van der Waals surface area contributed by atoms with Gasteiger partial charge in [0.15, 0.2) is 11.0 Å². The van der Waals surface area contributed by atoms with Crippen LogP contribution in [0.2, 0.25) is 5.02 Å². The molecule has 0 spiro atoms. The summed E-state index contributed by atoms with van der Waals surface area (Å²) >= 11 is 7.23. The molecule has 0 aliphatic rings. The zero-order valence-corrected chi connectivity index (χ0v) is 13.6. The highest BCUT2D eigenvalue weighted by Gasteiger charge is 2.14. The van der Waals surface area contributed by atoms with Crippen LogP contribution in [0.4, 0.5) is 0 Å². The van der Waals surface area contributed by atoms with Crippen molar-refractivity contribution in [3.8, 4) is 23.7 Å².